The van der Waals surface area contributed by atoms with Crippen LogP contribution in [0.4, 0.5) is 11.4 Å². The smallest absolute Gasteiger partial charge is 0.272 e. The van der Waals surface area contributed by atoms with Crippen LogP contribution in [-0.2, 0) is 9.59 Å². The summed E-state index contributed by atoms with van der Waals surface area (Å²) in [7, 11) is 4.51. The van der Waals surface area contributed by atoms with Crippen LogP contribution in [0.15, 0.2) is 138 Å². The second-order valence-corrected chi connectivity index (χ2v) is 11.7. The summed E-state index contributed by atoms with van der Waals surface area (Å²) < 4.78 is 16.4. The lowest BCUT2D eigenvalue weighted by molar-refractivity contribution is -0.116. The molecule has 0 aliphatic carbocycles. The number of ether oxygens (including phenoxy) is 3. The van der Waals surface area contributed by atoms with Gasteiger partial charge in [-0.05, 0) is 66.2 Å². The molecule has 10 heteroatoms. The van der Waals surface area contributed by atoms with Crippen molar-refractivity contribution in [1.29, 1.82) is 0 Å². The average molecular weight is 674 g/mol. The van der Waals surface area contributed by atoms with Gasteiger partial charge in [-0.15, -0.1) is 11.8 Å². The van der Waals surface area contributed by atoms with Crippen LogP contribution in [0.5, 0.6) is 17.2 Å². The van der Waals surface area contributed by atoms with Crippen molar-refractivity contribution < 1.29 is 28.6 Å². The summed E-state index contributed by atoms with van der Waals surface area (Å²) >= 11 is 1.39. The van der Waals surface area contributed by atoms with Crippen molar-refractivity contribution in [2.24, 2.45) is 0 Å². The van der Waals surface area contributed by atoms with E-state index in [0.717, 1.165) is 10.5 Å². The van der Waals surface area contributed by atoms with E-state index in [-0.39, 0.29) is 11.6 Å². The van der Waals surface area contributed by atoms with E-state index < -0.39 is 17.1 Å². The number of nitrogens with one attached hydrogen (secondary N) is 3. The number of hydrogen-bond acceptors (Lipinski definition) is 7. The fourth-order valence-electron chi connectivity index (χ4n) is 4.84. The fourth-order valence-corrected chi connectivity index (χ4v) is 5.87. The van der Waals surface area contributed by atoms with Crippen LogP contribution in [0.25, 0.3) is 6.08 Å². The minimum absolute atomic E-state index is 0.0282. The van der Waals surface area contributed by atoms with Crippen molar-refractivity contribution in [3.8, 4) is 17.2 Å². The summed E-state index contributed by atoms with van der Waals surface area (Å²) in [5, 5.41) is 8.08. The van der Waals surface area contributed by atoms with Crippen LogP contribution in [-0.4, -0.2) is 39.1 Å². The molecule has 3 N–H and O–H groups in total. The molecular formula is C39H35N3O6S. The van der Waals surface area contributed by atoms with Crippen LogP contribution < -0.4 is 30.2 Å². The number of para-hydroxylation sites is 1. The number of anilines is 2. The molecule has 0 aliphatic rings. The van der Waals surface area contributed by atoms with E-state index in [0.29, 0.717) is 39.8 Å². The molecule has 5 rings (SSSR count). The SMILES string of the molecule is COc1cc(OC)c(OC)cc1/C=C(\NC(=O)c1ccccc1)C(=O)Nc1ccc(SC(C(=O)Nc2ccccc2)c2ccccc2)cc1. The summed E-state index contributed by atoms with van der Waals surface area (Å²) in [6.45, 7) is 0. The number of benzene rings is 5. The molecule has 248 valence electrons. The second-order valence-electron chi connectivity index (χ2n) is 10.6. The van der Waals surface area contributed by atoms with Gasteiger partial charge in [0.1, 0.15) is 16.7 Å². The quantitative estimate of drug-likeness (QED) is 0.0872. The highest BCUT2D eigenvalue weighted by Crippen LogP contribution is 2.37. The van der Waals surface area contributed by atoms with Crippen molar-refractivity contribution in [2.45, 2.75) is 10.1 Å². The number of methoxy groups -OCH3 is 3. The first-order chi connectivity index (χ1) is 23.9. The van der Waals surface area contributed by atoms with E-state index in [2.05, 4.69) is 16.0 Å². The third-order valence-electron chi connectivity index (χ3n) is 7.31. The van der Waals surface area contributed by atoms with Crippen molar-refractivity contribution >= 4 is 46.9 Å². The van der Waals surface area contributed by atoms with Crippen molar-refractivity contribution in [3.05, 3.63) is 150 Å². The largest absolute Gasteiger partial charge is 0.496 e. The monoisotopic (exact) mass is 673 g/mol. The number of amides is 3. The van der Waals surface area contributed by atoms with Crippen LogP contribution >= 0.6 is 11.8 Å². The first-order valence-electron chi connectivity index (χ1n) is 15.3. The van der Waals surface area contributed by atoms with Gasteiger partial charge in [-0.1, -0.05) is 66.7 Å². The normalized spacial score (nSPS) is 11.5. The van der Waals surface area contributed by atoms with Crippen molar-refractivity contribution in [1.82, 2.24) is 5.32 Å². The summed E-state index contributed by atoms with van der Waals surface area (Å²) in [5.74, 6) is 0.0839. The van der Waals surface area contributed by atoms with Crippen molar-refractivity contribution in [3.63, 3.8) is 0 Å². The van der Waals surface area contributed by atoms with Gasteiger partial charge in [0.25, 0.3) is 11.8 Å². The molecule has 0 saturated carbocycles. The number of carbonyl (C=O) groups is 3. The molecular weight excluding hydrogens is 639 g/mol. The molecule has 49 heavy (non-hydrogen) atoms. The lowest BCUT2D eigenvalue weighted by atomic mass is 10.1. The minimum Gasteiger partial charge on any atom is -0.496 e. The van der Waals surface area contributed by atoms with E-state index in [1.54, 1.807) is 54.6 Å². The molecule has 3 amide bonds. The number of carbonyl (C=O) groups excluding carboxylic acids is 3. The molecule has 0 heterocycles. The molecule has 9 nitrogen and oxygen atoms in total. The fraction of sp³-hybridized carbons (Fsp3) is 0.103. The Hall–Kier alpha value is -6.00. The second kappa shape index (κ2) is 16.7. The molecule has 1 unspecified atom stereocenters. The maximum absolute atomic E-state index is 13.7. The predicted molar refractivity (Wildman–Crippen MR) is 193 cm³/mol. The molecule has 1 atom stereocenters. The first kappa shape index (κ1) is 34.3. The van der Waals surface area contributed by atoms with Gasteiger partial charge in [0, 0.05) is 33.5 Å². The molecule has 0 aliphatic heterocycles. The van der Waals surface area contributed by atoms with E-state index >= 15 is 0 Å². The number of hydrogen-bond donors (Lipinski definition) is 3. The van der Waals surface area contributed by atoms with Gasteiger partial charge in [-0.3, -0.25) is 14.4 Å². The molecule has 0 aromatic heterocycles. The van der Waals surface area contributed by atoms with E-state index in [1.165, 1.54) is 39.2 Å². The highest BCUT2D eigenvalue weighted by molar-refractivity contribution is 8.00. The zero-order valence-corrected chi connectivity index (χ0v) is 28.0. The third kappa shape index (κ3) is 9.09. The molecule has 0 bridgehead atoms. The maximum Gasteiger partial charge on any atom is 0.272 e. The number of thioether (sulfide) groups is 1. The Morgan fingerprint density at radius 1 is 0.633 bits per heavy atom. The Kier molecular flexibility index (Phi) is 11.7. The molecule has 0 fully saturated rings. The van der Waals surface area contributed by atoms with Gasteiger partial charge < -0.3 is 30.2 Å². The number of rotatable bonds is 13. The van der Waals surface area contributed by atoms with Gasteiger partial charge >= 0.3 is 0 Å². The van der Waals surface area contributed by atoms with Gasteiger partial charge in [-0.2, -0.15) is 0 Å². The Labute approximate surface area is 289 Å². The van der Waals surface area contributed by atoms with Crippen molar-refractivity contribution in [2.75, 3.05) is 32.0 Å². The van der Waals surface area contributed by atoms with Crippen LogP contribution in [0.3, 0.4) is 0 Å². The Morgan fingerprint density at radius 3 is 1.80 bits per heavy atom. The Bertz CT molecular complexity index is 1920. The van der Waals surface area contributed by atoms with E-state index in [4.69, 9.17) is 14.2 Å². The zero-order chi connectivity index (χ0) is 34.6. The topological polar surface area (TPSA) is 115 Å². The van der Waals surface area contributed by atoms with Gasteiger partial charge in [0.2, 0.25) is 5.91 Å². The Morgan fingerprint density at radius 2 is 1.18 bits per heavy atom. The molecule has 0 spiro atoms. The summed E-state index contributed by atoms with van der Waals surface area (Å²) in [4.78, 5) is 41.1. The summed E-state index contributed by atoms with van der Waals surface area (Å²) in [6.07, 6.45) is 1.51. The highest BCUT2D eigenvalue weighted by atomic mass is 32.2. The van der Waals surface area contributed by atoms with Gasteiger partial charge in [0.15, 0.2) is 11.5 Å². The Balaban J connectivity index is 1.39. The van der Waals surface area contributed by atoms with Gasteiger partial charge in [0.05, 0.1) is 21.3 Å². The molecule has 5 aromatic carbocycles. The maximum atomic E-state index is 13.7. The lowest BCUT2D eigenvalue weighted by Crippen LogP contribution is -2.30. The van der Waals surface area contributed by atoms with Crippen LogP contribution in [0, 0.1) is 0 Å². The predicted octanol–water partition coefficient (Wildman–Crippen LogP) is 7.59. The molecule has 0 radical (unpaired) electrons. The molecule has 5 aromatic rings. The van der Waals surface area contributed by atoms with E-state index in [1.807, 2.05) is 72.8 Å². The average Bonchev–Trinajstić information content (AvgIpc) is 3.14. The summed E-state index contributed by atoms with van der Waals surface area (Å²) in [6, 6.07) is 37.9. The van der Waals surface area contributed by atoms with Crippen LogP contribution in [0.2, 0.25) is 0 Å². The third-order valence-corrected chi connectivity index (χ3v) is 8.58. The standard InChI is InChI=1S/C39H35N3O6S/c1-46-33-25-35(48-3)34(47-2)24-28(33)23-32(42-37(43)27-15-9-5-10-16-27)38(44)40-30-19-21-31(22-20-30)49-36(26-13-7-4-8-14-26)39(45)41-29-17-11-6-12-18-29/h4-25,36H,1-3H3,(H,40,44)(H,41,45)(H,42,43)/b32-23-. The minimum atomic E-state index is -0.564. The van der Waals surface area contributed by atoms with E-state index in [9.17, 15) is 14.4 Å². The zero-order valence-electron chi connectivity index (χ0n) is 27.1. The lowest BCUT2D eigenvalue weighted by Gasteiger charge is -2.17. The molecule has 0 saturated heterocycles. The highest BCUT2D eigenvalue weighted by Gasteiger charge is 2.23. The van der Waals surface area contributed by atoms with Crippen LogP contribution in [0.1, 0.15) is 26.7 Å². The summed E-state index contributed by atoms with van der Waals surface area (Å²) in [5.41, 5.74) is 2.88. The first-order valence-corrected chi connectivity index (χ1v) is 16.1. The van der Waals surface area contributed by atoms with Gasteiger partial charge in [-0.25, -0.2) is 0 Å².